The Morgan fingerprint density at radius 1 is 1.21 bits per heavy atom. The summed E-state index contributed by atoms with van der Waals surface area (Å²) in [4.78, 5) is 14.4. The molecule has 122 valence electrons. The van der Waals surface area contributed by atoms with Crippen LogP contribution in [0.5, 0.6) is 5.75 Å². The lowest BCUT2D eigenvalue weighted by Crippen LogP contribution is -2.47. The molecule has 0 bridgehead atoms. The molecule has 0 saturated carbocycles. The van der Waals surface area contributed by atoms with Crippen LogP contribution in [0.3, 0.4) is 0 Å². The van der Waals surface area contributed by atoms with Crippen LogP contribution in [0.4, 0.5) is 11.4 Å². The van der Waals surface area contributed by atoms with Crippen LogP contribution in [0, 0.1) is 26.2 Å². The zero-order chi connectivity index (χ0) is 17.3. The van der Waals surface area contributed by atoms with Crippen LogP contribution >= 0.6 is 0 Å². The minimum Gasteiger partial charge on any atom is -0.478 e. The topological polar surface area (TPSA) is 55.6 Å². The highest BCUT2D eigenvalue weighted by Gasteiger charge is 2.34. The van der Waals surface area contributed by atoms with E-state index < -0.39 is 6.10 Å². The van der Waals surface area contributed by atoms with Gasteiger partial charge < -0.3 is 10.5 Å². The summed E-state index contributed by atoms with van der Waals surface area (Å²) in [5.74, 6) is 3.04. The van der Waals surface area contributed by atoms with E-state index in [-0.39, 0.29) is 12.5 Å². The van der Waals surface area contributed by atoms with Gasteiger partial charge in [0.05, 0.1) is 12.2 Å². The van der Waals surface area contributed by atoms with Crippen molar-refractivity contribution in [2.75, 3.05) is 17.2 Å². The molecule has 0 radical (unpaired) electrons. The molecule has 0 aliphatic carbocycles. The number of hydrogen-bond acceptors (Lipinski definition) is 3. The lowest BCUT2D eigenvalue weighted by atomic mass is 10.0. The van der Waals surface area contributed by atoms with Gasteiger partial charge in [0.25, 0.3) is 5.91 Å². The minimum atomic E-state index is -0.586. The predicted octanol–water partition coefficient (Wildman–Crippen LogP) is 2.86. The maximum Gasteiger partial charge on any atom is 0.269 e. The third kappa shape index (κ3) is 2.93. The Hall–Kier alpha value is -2.93. The Morgan fingerprint density at radius 3 is 2.71 bits per heavy atom. The summed E-state index contributed by atoms with van der Waals surface area (Å²) < 4.78 is 5.93. The Bertz CT molecular complexity index is 836. The van der Waals surface area contributed by atoms with E-state index in [1.54, 1.807) is 23.1 Å². The number of carbonyl (C=O) groups is 1. The molecule has 1 aliphatic heterocycles. The van der Waals surface area contributed by atoms with Gasteiger partial charge in [-0.3, -0.25) is 9.69 Å². The summed E-state index contributed by atoms with van der Waals surface area (Å²) in [6, 6.07) is 11.4. The van der Waals surface area contributed by atoms with Crippen LogP contribution in [0.1, 0.15) is 16.7 Å². The van der Waals surface area contributed by atoms with Gasteiger partial charge in [0.1, 0.15) is 5.75 Å². The summed E-state index contributed by atoms with van der Waals surface area (Å²) in [5, 5.41) is 0. The number of benzene rings is 2. The molecule has 3 rings (SSSR count). The number of ether oxygens (including phenoxy) is 1. The number of nitrogens with two attached hydrogens (primary N) is 1. The molecule has 0 aromatic heterocycles. The van der Waals surface area contributed by atoms with Crippen molar-refractivity contribution in [3.05, 3.63) is 53.1 Å². The standard InChI is InChI=1S/C20H20N2O2/c1-4-9-22-17-12-16(21)7-8-18(17)24-19(20(22)23)11-15-6-5-13(2)14(3)10-15/h1,5-8,10,12,19H,9,11,21H2,2-3H3. The highest BCUT2D eigenvalue weighted by atomic mass is 16.5. The highest BCUT2D eigenvalue weighted by Crippen LogP contribution is 2.36. The van der Waals surface area contributed by atoms with E-state index in [9.17, 15) is 4.79 Å². The average molecular weight is 320 g/mol. The number of anilines is 2. The van der Waals surface area contributed by atoms with Crippen LogP contribution in [-0.4, -0.2) is 18.6 Å². The fraction of sp³-hybridized carbons (Fsp3) is 0.250. The van der Waals surface area contributed by atoms with Crippen molar-refractivity contribution < 1.29 is 9.53 Å². The molecule has 1 aliphatic rings. The average Bonchev–Trinajstić information content (AvgIpc) is 2.55. The number of nitrogen functional groups attached to an aromatic ring is 1. The number of carbonyl (C=O) groups excluding carboxylic acids is 1. The Balaban J connectivity index is 1.92. The molecular weight excluding hydrogens is 300 g/mol. The molecule has 4 nitrogen and oxygen atoms in total. The van der Waals surface area contributed by atoms with E-state index in [1.807, 2.05) is 6.07 Å². The maximum absolute atomic E-state index is 12.8. The summed E-state index contributed by atoms with van der Waals surface area (Å²) in [5.41, 5.74) is 10.5. The first-order valence-electron chi connectivity index (χ1n) is 7.86. The largest absolute Gasteiger partial charge is 0.478 e. The molecule has 24 heavy (non-hydrogen) atoms. The zero-order valence-electron chi connectivity index (χ0n) is 13.9. The molecule has 0 spiro atoms. The van der Waals surface area contributed by atoms with Crippen molar-refractivity contribution in [1.29, 1.82) is 0 Å². The number of terminal acetylenes is 1. The lowest BCUT2D eigenvalue weighted by Gasteiger charge is -2.33. The lowest BCUT2D eigenvalue weighted by molar-refractivity contribution is -0.126. The van der Waals surface area contributed by atoms with Crippen molar-refractivity contribution in [3.63, 3.8) is 0 Å². The van der Waals surface area contributed by atoms with Crippen molar-refractivity contribution in [3.8, 4) is 18.1 Å². The molecule has 1 unspecified atom stereocenters. The van der Waals surface area contributed by atoms with E-state index in [2.05, 4.69) is 31.9 Å². The molecule has 1 amide bonds. The van der Waals surface area contributed by atoms with Gasteiger partial charge in [-0.05, 0) is 48.7 Å². The van der Waals surface area contributed by atoms with Crippen molar-refractivity contribution in [1.82, 2.24) is 0 Å². The molecule has 1 atom stereocenters. The molecule has 2 aromatic carbocycles. The smallest absolute Gasteiger partial charge is 0.269 e. The fourth-order valence-electron chi connectivity index (χ4n) is 2.87. The summed E-state index contributed by atoms with van der Waals surface area (Å²) in [6.07, 6.45) is 5.35. The predicted molar refractivity (Wildman–Crippen MR) is 96.1 cm³/mol. The van der Waals surface area contributed by atoms with Crippen LogP contribution in [0.15, 0.2) is 36.4 Å². The number of fused-ring (bicyclic) bond motifs is 1. The fourth-order valence-corrected chi connectivity index (χ4v) is 2.87. The van der Waals surface area contributed by atoms with Gasteiger partial charge in [0.15, 0.2) is 6.10 Å². The molecule has 2 N–H and O–H groups in total. The molecule has 1 heterocycles. The van der Waals surface area contributed by atoms with Crippen LogP contribution in [0.25, 0.3) is 0 Å². The monoisotopic (exact) mass is 320 g/mol. The minimum absolute atomic E-state index is 0.135. The first-order valence-corrected chi connectivity index (χ1v) is 7.86. The summed E-state index contributed by atoms with van der Waals surface area (Å²) in [7, 11) is 0. The Morgan fingerprint density at radius 2 is 2.00 bits per heavy atom. The number of aryl methyl sites for hydroxylation is 2. The van der Waals surface area contributed by atoms with Crippen molar-refractivity contribution in [2.24, 2.45) is 0 Å². The molecule has 4 heteroatoms. The molecule has 0 saturated heterocycles. The third-order valence-corrected chi connectivity index (χ3v) is 4.33. The van der Waals surface area contributed by atoms with Gasteiger partial charge in [-0.1, -0.05) is 24.1 Å². The van der Waals surface area contributed by atoms with Gasteiger partial charge >= 0.3 is 0 Å². The summed E-state index contributed by atoms with van der Waals surface area (Å²) >= 11 is 0. The second-order valence-electron chi connectivity index (χ2n) is 6.08. The van der Waals surface area contributed by atoms with Gasteiger partial charge in [-0.2, -0.15) is 0 Å². The first kappa shape index (κ1) is 15.9. The van der Waals surface area contributed by atoms with E-state index >= 15 is 0 Å². The Kier molecular flexibility index (Phi) is 4.18. The first-order chi connectivity index (χ1) is 11.5. The number of hydrogen-bond donors (Lipinski definition) is 1. The van der Waals surface area contributed by atoms with E-state index in [1.165, 1.54) is 11.1 Å². The quantitative estimate of drug-likeness (QED) is 0.699. The number of nitrogens with zero attached hydrogens (tertiary/aromatic N) is 1. The zero-order valence-corrected chi connectivity index (χ0v) is 13.9. The van der Waals surface area contributed by atoms with Crippen molar-refractivity contribution >= 4 is 17.3 Å². The Labute approximate surface area is 142 Å². The summed E-state index contributed by atoms with van der Waals surface area (Å²) in [6.45, 7) is 4.32. The number of amides is 1. The highest BCUT2D eigenvalue weighted by molar-refractivity contribution is 6.01. The van der Waals surface area contributed by atoms with Gasteiger partial charge in [0, 0.05) is 12.1 Å². The van der Waals surface area contributed by atoms with Gasteiger partial charge in [-0.15, -0.1) is 6.42 Å². The maximum atomic E-state index is 12.8. The van der Waals surface area contributed by atoms with Crippen LogP contribution in [0.2, 0.25) is 0 Å². The normalized spacial score (nSPS) is 16.3. The van der Waals surface area contributed by atoms with E-state index in [0.29, 0.717) is 23.5 Å². The second kappa shape index (κ2) is 6.29. The SMILES string of the molecule is C#CCN1C(=O)C(Cc2ccc(C)c(C)c2)Oc2ccc(N)cc21. The second-order valence-corrected chi connectivity index (χ2v) is 6.08. The van der Waals surface area contributed by atoms with E-state index in [4.69, 9.17) is 16.9 Å². The van der Waals surface area contributed by atoms with Crippen molar-refractivity contribution in [2.45, 2.75) is 26.4 Å². The van der Waals surface area contributed by atoms with Crippen LogP contribution < -0.4 is 15.4 Å². The number of rotatable bonds is 3. The molecular formula is C20H20N2O2. The molecule has 0 fully saturated rings. The van der Waals surface area contributed by atoms with E-state index in [0.717, 1.165) is 5.56 Å². The van der Waals surface area contributed by atoms with Gasteiger partial charge in [0.2, 0.25) is 0 Å². The molecule has 2 aromatic rings. The van der Waals surface area contributed by atoms with Gasteiger partial charge in [-0.25, -0.2) is 0 Å². The van der Waals surface area contributed by atoms with Crippen LogP contribution in [-0.2, 0) is 11.2 Å². The third-order valence-electron chi connectivity index (χ3n) is 4.33.